The lowest BCUT2D eigenvalue weighted by molar-refractivity contribution is -0.0932. The van der Waals surface area contributed by atoms with Gasteiger partial charge in [-0.3, -0.25) is 28.8 Å². The molecule has 1 aromatic heterocycles. The second-order valence-electron chi connectivity index (χ2n) is 16.0. The number of imide groups is 1. The molecule has 1 saturated heterocycles. The molecular weight excluding hydrogens is 967 g/mol. The van der Waals surface area contributed by atoms with E-state index < -0.39 is 61.7 Å². The first-order chi connectivity index (χ1) is 32.1. The van der Waals surface area contributed by atoms with Crippen LogP contribution in [0.1, 0.15) is 77.8 Å². The molecule has 1 N–H and O–H groups in total. The van der Waals surface area contributed by atoms with Crippen LogP contribution < -0.4 is 20.7 Å². The lowest BCUT2D eigenvalue weighted by Gasteiger charge is -2.40. The van der Waals surface area contributed by atoms with E-state index in [1.807, 2.05) is 111 Å². The molecule has 0 spiro atoms. The number of carbonyl (C=O) groups is 2. The minimum absolute atomic E-state index is 0.0129. The fraction of sp³-hybridized carbons (Fsp3) is 0.340. The number of fused-ring (bicyclic) bond motifs is 1. The highest BCUT2D eigenvalue weighted by molar-refractivity contribution is 7.44. The number of methoxy groups -OCH3 is 2. The smallest absolute Gasteiger partial charge is 0.330 e. The third kappa shape index (κ3) is 9.63. The van der Waals surface area contributed by atoms with Gasteiger partial charge in [0.25, 0.3) is 25.9 Å². The first kappa shape index (κ1) is 50.1. The van der Waals surface area contributed by atoms with Crippen molar-refractivity contribution in [3.8, 4) is 17.6 Å². The molecule has 2 amide bonds. The topological polar surface area (TPSA) is 175 Å². The van der Waals surface area contributed by atoms with E-state index in [-0.39, 0.29) is 62.9 Å². The number of nitrogens with zero attached hydrogens (tertiary/aromatic N) is 4. The first-order valence-corrected chi connectivity index (χ1v) is 23.7. The van der Waals surface area contributed by atoms with Crippen molar-refractivity contribution in [2.75, 3.05) is 27.4 Å². The molecule has 352 valence electrons. The van der Waals surface area contributed by atoms with Gasteiger partial charge in [0.05, 0.1) is 71.1 Å². The van der Waals surface area contributed by atoms with Crippen LogP contribution in [0.4, 0.5) is 0 Å². The molecule has 5 aromatic rings. The van der Waals surface area contributed by atoms with Gasteiger partial charge in [-0.1, -0.05) is 101 Å². The van der Waals surface area contributed by atoms with Gasteiger partial charge in [-0.05, 0) is 68.7 Å². The zero-order chi connectivity index (χ0) is 48.3. The summed E-state index contributed by atoms with van der Waals surface area (Å²) < 4.78 is 41.8. The van der Waals surface area contributed by atoms with Crippen molar-refractivity contribution in [1.29, 1.82) is 5.26 Å². The fourth-order valence-corrected chi connectivity index (χ4v) is 11.2. The van der Waals surface area contributed by atoms with E-state index in [0.29, 0.717) is 28.2 Å². The van der Waals surface area contributed by atoms with Crippen LogP contribution in [-0.2, 0) is 24.1 Å². The Bertz CT molecular complexity index is 2670. The van der Waals surface area contributed by atoms with Crippen LogP contribution in [0.5, 0.6) is 11.5 Å². The Hall–Kier alpha value is -4.82. The Morgan fingerprint density at radius 3 is 1.78 bits per heavy atom. The number of H-pyrrole nitrogens is 1. The lowest BCUT2D eigenvalue weighted by Crippen LogP contribution is -2.52. The van der Waals surface area contributed by atoms with Gasteiger partial charge in [-0.15, -0.1) is 0 Å². The average molecular weight is 1010 g/mol. The largest absolute Gasteiger partial charge is 0.497 e. The summed E-state index contributed by atoms with van der Waals surface area (Å²) in [5, 5.41) is 8.42. The Morgan fingerprint density at radius 2 is 1.30 bits per heavy atom. The van der Waals surface area contributed by atoms with E-state index >= 15 is 0 Å². The van der Waals surface area contributed by atoms with Crippen LogP contribution >= 0.6 is 54.9 Å². The van der Waals surface area contributed by atoms with Crippen molar-refractivity contribution >= 4 is 66.7 Å². The number of hydrogen-bond donors (Lipinski definition) is 1. The number of ether oxygens (including phenoxy) is 4. The molecule has 0 bridgehead atoms. The number of hydrogen-bond acceptors (Lipinski definition) is 12. The maximum atomic E-state index is 14.9. The summed E-state index contributed by atoms with van der Waals surface area (Å²) in [4.78, 5) is 59.3. The van der Waals surface area contributed by atoms with E-state index in [2.05, 4.69) is 11.1 Å². The number of amides is 2. The van der Waals surface area contributed by atoms with Gasteiger partial charge in [0.1, 0.15) is 35.3 Å². The van der Waals surface area contributed by atoms with Gasteiger partial charge >= 0.3 is 5.69 Å². The second kappa shape index (κ2) is 21.2. The molecular formula is C47H46Cl4N5O10P. The summed E-state index contributed by atoms with van der Waals surface area (Å²) in [5.41, 5.74) is -1.62. The Labute approximate surface area is 407 Å². The van der Waals surface area contributed by atoms with Crippen LogP contribution in [0.2, 0.25) is 20.1 Å². The van der Waals surface area contributed by atoms with E-state index in [1.165, 1.54) is 6.20 Å². The van der Waals surface area contributed by atoms with E-state index in [1.54, 1.807) is 14.2 Å². The number of rotatable bonds is 18. The number of aromatic nitrogens is 2. The molecule has 1 unspecified atom stereocenters. The molecule has 0 radical (unpaired) electrons. The lowest BCUT2D eigenvalue weighted by atomic mass is 9.80. The van der Waals surface area contributed by atoms with Gasteiger partial charge in [0.2, 0.25) is 0 Å². The number of nitriles is 1. The second-order valence-corrected chi connectivity index (χ2v) is 18.9. The number of aromatic amines is 1. The molecule has 15 nitrogen and oxygen atoms in total. The number of halogens is 4. The monoisotopic (exact) mass is 1010 g/mol. The highest BCUT2D eigenvalue weighted by atomic mass is 35.5. The standard InChI is InChI=1S/C47H46Cl4N5O10P/c1-26(2)56(27(3)4)67(64-24-10-22-52)66-42-33(25-63-47(28-11-8-7-9-12-28,29-13-17-31(61-5)18-14-29)30-15-19-32(62-6)20-16-30)65-45(54-23-21-34(57)53-46(54)60)41(42)55-43(58)35-36(44(55)59)38(49)40(51)39(50)37(35)48/h7-9,11-21,23,26-27,33,41-42,45H,10,24-25H2,1-6H3,(H,53,57,60)/t33-,41-,42-,45-,67?/m1/s1. The summed E-state index contributed by atoms with van der Waals surface area (Å²) in [6.07, 6.45) is -2.98. The van der Waals surface area contributed by atoms with E-state index in [0.717, 1.165) is 15.5 Å². The molecule has 67 heavy (non-hydrogen) atoms. The third-order valence-corrected chi connectivity index (χ3v) is 15.3. The van der Waals surface area contributed by atoms with Crippen LogP contribution in [0.3, 0.4) is 0 Å². The quantitative estimate of drug-likeness (QED) is 0.0220. The Balaban J connectivity index is 1.46. The summed E-state index contributed by atoms with van der Waals surface area (Å²) in [5.74, 6) is -0.686. The molecule has 7 rings (SSSR count). The normalized spacial score (nSPS) is 18.8. The van der Waals surface area contributed by atoms with Gasteiger partial charge in [-0.25, -0.2) is 9.46 Å². The van der Waals surface area contributed by atoms with Gasteiger partial charge in [-0.2, -0.15) is 5.26 Å². The average Bonchev–Trinajstić information content (AvgIpc) is 3.79. The maximum absolute atomic E-state index is 14.9. The van der Waals surface area contributed by atoms with Crippen molar-refractivity contribution in [3.05, 3.63) is 160 Å². The molecule has 0 aliphatic carbocycles. The first-order valence-electron chi connectivity index (χ1n) is 21.0. The van der Waals surface area contributed by atoms with Gasteiger partial charge in [0.15, 0.2) is 6.23 Å². The predicted octanol–water partition coefficient (Wildman–Crippen LogP) is 9.40. The summed E-state index contributed by atoms with van der Waals surface area (Å²) >= 11 is 26.3. The van der Waals surface area contributed by atoms with Gasteiger partial charge in [0, 0.05) is 24.3 Å². The third-order valence-electron chi connectivity index (χ3n) is 11.4. The zero-order valence-electron chi connectivity index (χ0n) is 37.1. The SMILES string of the molecule is COc1ccc(C(OC[C@H]2O[C@@H](n3ccc(=O)[nH]c3=O)[C@H](N3C(=O)c4c(Cl)c(Cl)c(Cl)c(Cl)c4C3=O)[C@@H]2OP(OCCC#N)N(C(C)C)C(C)C)(c2ccccc2)c2ccc(OC)cc2)cc1. The number of carbonyl (C=O) groups excluding carboxylic acids is 2. The molecule has 3 heterocycles. The Kier molecular flexibility index (Phi) is 15.9. The summed E-state index contributed by atoms with van der Waals surface area (Å²) in [7, 11) is 0.975. The minimum Gasteiger partial charge on any atom is -0.497 e. The van der Waals surface area contributed by atoms with Crippen molar-refractivity contribution < 1.29 is 37.6 Å². The van der Waals surface area contributed by atoms with Crippen LogP contribution in [0, 0.1) is 11.3 Å². The summed E-state index contributed by atoms with van der Waals surface area (Å²) in [6.45, 7) is 7.39. The maximum Gasteiger partial charge on any atom is 0.330 e. The molecule has 2 aliphatic rings. The molecule has 0 saturated carbocycles. The van der Waals surface area contributed by atoms with E-state index in [9.17, 15) is 24.4 Å². The van der Waals surface area contributed by atoms with Crippen molar-refractivity contribution in [2.24, 2.45) is 0 Å². The van der Waals surface area contributed by atoms with Crippen LogP contribution in [-0.4, -0.2) is 88.7 Å². The molecule has 1 fully saturated rings. The molecule has 2 aliphatic heterocycles. The predicted molar refractivity (Wildman–Crippen MR) is 254 cm³/mol. The molecule has 4 aromatic carbocycles. The van der Waals surface area contributed by atoms with Crippen LogP contribution in [0.25, 0.3) is 0 Å². The van der Waals surface area contributed by atoms with Crippen molar-refractivity contribution in [3.63, 3.8) is 0 Å². The zero-order valence-corrected chi connectivity index (χ0v) is 41.0. The fourth-order valence-electron chi connectivity index (χ4n) is 8.43. The minimum atomic E-state index is -2.16. The number of nitrogens with one attached hydrogen (secondary N) is 1. The highest BCUT2D eigenvalue weighted by Crippen LogP contribution is 2.53. The number of benzene rings is 4. The van der Waals surface area contributed by atoms with Crippen LogP contribution in [0.15, 0.2) is 101 Å². The van der Waals surface area contributed by atoms with Crippen molar-refractivity contribution in [1.82, 2.24) is 19.1 Å². The molecule has 20 heteroatoms. The summed E-state index contributed by atoms with van der Waals surface area (Å²) in [6, 6.07) is 25.5. The van der Waals surface area contributed by atoms with E-state index in [4.69, 9.17) is 74.4 Å². The highest BCUT2D eigenvalue weighted by Gasteiger charge is 2.58. The Morgan fingerprint density at radius 1 is 0.776 bits per heavy atom. The molecule has 5 atom stereocenters. The van der Waals surface area contributed by atoms with Crippen molar-refractivity contribution in [2.45, 2.75) is 76.3 Å². The van der Waals surface area contributed by atoms with Gasteiger partial charge < -0.3 is 28.0 Å².